The monoisotopic (exact) mass is 893 g/mol. The van der Waals surface area contributed by atoms with Crippen LogP contribution in [0.5, 0.6) is 17.2 Å². The first-order chi connectivity index (χ1) is 27.3. The predicted octanol–water partition coefficient (Wildman–Crippen LogP) is 11.7. The second-order valence-electron chi connectivity index (χ2n) is 15.7. The van der Waals surface area contributed by atoms with E-state index in [-0.39, 0.29) is 72.0 Å². The van der Waals surface area contributed by atoms with Gasteiger partial charge in [0.25, 0.3) is 14.4 Å². The molecular formula is C42H48Cl4N3O8P. The highest BCUT2D eigenvalue weighted by Gasteiger charge is 2.55. The molecule has 2 aliphatic rings. The van der Waals surface area contributed by atoms with Crippen molar-refractivity contribution < 1.29 is 37.6 Å². The SMILES string of the molecule is Cc1c(Cl)cc2c(c1Cl)Oc1c(cc(Cl)c(OC(=O)C(C)(C)C)c1Cl)C21OC(=O)c2ccc(C(=O)NCCCCCCOP(OCCC#N)N(C(C)C)C(C)C)cc21. The molecule has 0 aromatic heterocycles. The minimum atomic E-state index is -1.75. The topological polar surface area (TPSA) is 136 Å². The maximum Gasteiger partial charge on any atom is 0.340 e. The number of rotatable bonds is 16. The molecule has 2 aliphatic heterocycles. The van der Waals surface area contributed by atoms with Crippen LogP contribution in [0.3, 0.4) is 0 Å². The third-order valence-corrected chi connectivity index (χ3v) is 13.2. The van der Waals surface area contributed by atoms with Crippen LogP contribution in [-0.4, -0.2) is 54.4 Å². The van der Waals surface area contributed by atoms with Gasteiger partial charge in [0.2, 0.25) is 0 Å². The number of ether oxygens (including phenoxy) is 3. The lowest BCUT2D eigenvalue weighted by atomic mass is 9.77. The number of esters is 2. The third kappa shape index (κ3) is 9.41. The standard InChI is InChI=1S/C42H48Cl4N3O8P/c1-23(2)49(24(3)4)58(54-19-13-16-47)53-18-12-10-9-11-17-48-38(50)26-14-15-27-28(20-26)42(57-39(27)51)29-21-31(43)25(5)33(45)35(29)55-36-30(42)22-32(44)37(34(36)46)56-40(52)41(6,7)8/h14-15,20-24H,9-13,17-19H2,1-8H3,(H,48,50). The number of hydrogen-bond acceptors (Lipinski definition) is 10. The van der Waals surface area contributed by atoms with Crippen molar-refractivity contribution >= 4 is 72.8 Å². The quantitative estimate of drug-likeness (QED) is 0.0640. The molecule has 16 heteroatoms. The molecule has 1 spiro atoms. The molecule has 0 saturated carbocycles. The van der Waals surface area contributed by atoms with E-state index in [1.165, 1.54) is 12.1 Å². The van der Waals surface area contributed by atoms with Gasteiger partial charge in [-0.1, -0.05) is 59.2 Å². The van der Waals surface area contributed by atoms with Gasteiger partial charge in [0, 0.05) is 34.8 Å². The number of amides is 1. The van der Waals surface area contributed by atoms with E-state index < -0.39 is 31.5 Å². The molecule has 312 valence electrons. The summed E-state index contributed by atoms with van der Waals surface area (Å²) in [5.41, 5.74) is -0.818. The summed E-state index contributed by atoms with van der Waals surface area (Å²) in [6, 6.07) is 10.3. The van der Waals surface area contributed by atoms with E-state index in [0.29, 0.717) is 42.9 Å². The van der Waals surface area contributed by atoms with Gasteiger partial charge in [-0.05, 0) is 104 Å². The van der Waals surface area contributed by atoms with Crippen LogP contribution < -0.4 is 14.8 Å². The van der Waals surface area contributed by atoms with E-state index in [1.807, 2.05) is 0 Å². The van der Waals surface area contributed by atoms with Crippen molar-refractivity contribution in [3.63, 3.8) is 0 Å². The van der Waals surface area contributed by atoms with Gasteiger partial charge in [0.1, 0.15) is 5.02 Å². The third-order valence-electron chi connectivity index (χ3n) is 9.65. The molecule has 2 unspecified atom stereocenters. The summed E-state index contributed by atoms with van der Waals surface area (Å²) in [5, 5.41) is 12.2. The number of carbonyl (C=O) groups is 3. The first-order valence-corrected chi connectivity index (χ1v) is 21.8. The van der Waals surface area contributed by atoms with Gasteiger partial charge in [-0.15, -0.1) is 0 Å². The Labute approximate surface area is 361 Å². The molecular weight excluding hydrogens is 847 g/mol. The molecule has 0 saturated heterocycles. The van der Waals surface area contributed by atoms with Crippen molar-refractivity contribution in [1.82, 2.24) is 9.99 Å². The maximum atomic E-state index is 13.7. The van der Waals surface area contributed by atoms with E-state index in [2.05, 4.69) is 43.8 Å². The second kappa shape index (κ2) is 19.0. The first-order valence-electron chi connectivity index (χ1n) is 19.1. The van der Waals surface area contributed by atoms with Crippen LogP contribution in [0.2, 0.25) is 20.1 Å². The molecule has 2 atom stereocenters. The van der Waals surface area contributed by atoms with Gasteiger partial charge < -0.3 is 28.6 Å². The lowest BCUT2D eigenvalue weighted by Crippen LogP contribution is -2.34. The number of carbonyl (C=O) groups excluding carboxylic acids is 3. The fourth-order valence-corrected chi connectivity index (χ4v) is 9.43. The van der Waals surface area contributed by atoms with Crippen LogP contribution in [0, 0.1) is 23.7 Å². The smallest absolute Gasteiger partial charge is 0.340 e. The predicted molar refractivity (Wildman–Crippen MR) is 227 cm³/mol. The van der Waals surface area contributed by atoms with Crippen LogP contribution >= 0.6 is 54.9 Å². The minimum Gasteiger partial charge on any atom is -0.453 e. The summed E-state index contributed by atoms with van der Waals surface area (Å²) in [7, 11) is -1.29. The number of unbranched alkanes of at least 4 members (excludes halogenated alkanes) is 3. The number of fused-ring (bicyclic) bond motifs is 6. The summed E-state index contributed by atoms with van der Waals surface area (Å²) < 4.78 is 32.6. The highest BCUT2D eigenvalue weighted by atomic mass is 35.5. The Morgan fingerprint density at radius 3 is 2.16 bits per heavy atom. The van der Waals surface area contributed by atoms with Gasteiger partial charge in [-0.2, -0.15) is 5.26 Å². The van der Waals surface area contributed by atoms with Crippen molar-refractivity contribution in [2.24, 2.45) is 5.41 Å². The van der Waals surface area contributed by atoms with Gasteiger partial charge in [0.05, 0.1) is 57.9 Å². The highest BCUT2D eigenvalue weighted by Crippen LogP contribution is 2.62. The van der Waals surface area contributed by atoms with Gasteiger partial charge in [-0.3, -0.25) is 9.59 Å². The second-order valence-corrected chi connectivity index (χ2v) is 18.7. The van der Waals surface area contributed by atoms with E-state index in [4.69, 9.17) is 74.9 Å². The van der Waals surface area contributed by atoms with Gasteiger partial charge in [0.15, 0.2) is 22.8 Å². The van der Waals surface area contributed by atoms with Crippen molar-refractivity contribution in [1.29, 1.82) is 5.26 Å². The molecule has 3 aromatic carbocycles. The lowest BCUT2D eigenvalue weighted by molar-refractivity contribution is -0.143. The fourth-order valence-electron chi connectivity index (χ4n) is 6.73. The van der Waals surface area contributed by atoms with Crippen LogP contribution in [0.15, 0.2) is 30.3 Å². The summed E-state index contributed by atoms with van der Waals surface area (Å²) in [6.45, 7) is 16.4. The van der Waals surface area contributed by atoms with Crippen LogP contribution in [0.25, 0.3) is 0 Å². The molecule has 11 nitrogen and oxygen atoms in total. The summed E-state index contributed by atoms with van der Waals surface area (Å²) in [4.78, 5) is 40.2. The van der Waals surface area contributed by atoms with E-state index >= 15 is 0 Å². The zero-order valence-electron chi connectivity index (χ0n) is 33.8. The first kappa shape index (κ1) is 45.9. The fraction of sp³-hybridized carbons (Fsp3) is 0.476. The Kier molecular flexibility index (Phi) is 15.1. The zero-order chi connectivity index (χ0) is 42.7. The molecule has 58 heavy (non-hydrogen) atoms. The molecule has 2 heterocycles. The molecule has 3 aromatic rings. The normalized spacial score (nSPS) is 16.1. The molecule has 5 rings (SSSR count). The van der Waals surface area contributed by atoms with Crippen LogP contribution in [0.4, 0.5) is 0 Å². The maximum absolute atomic E-state index is 13.7. The molecule has 1 N–H and O–H groups in total. The number of benzene rings is 3. The number of nitrogens with one attached hydrogen (secondary N) is 1. The van der Waals surface area contributed by atoms with Crippen molar-refractivity contribution in [2.75, 3.05) is 19.8 Å². The largest absolute Gasteiger partial charge is 0.453 e. The summed E-state index contributed by atoms with van der Waals surface area (Å²) in [6.07, 6.45) is 3.59. The van der Waals surface area contributed by atoms with Crippen LogP contribution in [-0.2, 0) is 24.2 Å². The summed E-state index contributed by atoms with van der Waals surface area (Å²) >= 11 is 27.2. The zero-order valence-corrected chi connectivity index (χ0v) is 37.7. The Morgan fingerprint density at radius 1 is 0.897 bits per heavy atom. The van der Waals surface area contributed by atoms with Gasteiger partial charge in [-0.25, -0.2) is 9.46 Å². The van der Waals surface area contributed by atoms with Crippen LogP contribution in [0.1, 0.15) is 124 Å². The number of halogens is 4. The van der Waals surface area contributed by atoms with Crippen molar-refractivity contribution in [3.05, 3.63) is 83.8 Å². The Hall–Kier alpha value is -3.17. The molecule has 1 amide bonds. The Bertz CT molecular complexity index is 2110. The van der Waals surface area contributed by atoms with Crippen molar-refractivity contribution in [2.45, 2.75) is 105 Å². The van der Waals surface area contributed by atoms with E-state index in [0.717, 1.165) is 25.7 Å². The van der Waals surface area contributed by atoms with Gasteiger partial charge >= 0.3 is 11.9 Å². The number of hydrogen-bond donors (Lipinski definition) is 1. The average Bonchev–Trinajstić information content (AvgIpc) is 3.44. The Morgan fingerprint density at radius 2 is 1.52 bits per heavy atom. The Balaban J connectivity index is 1.35. The van der Waals surface area contributed by atoms with E-state index in [1.54, 1.807) is 45.9 Å². The highest BCUT2D eigenvalue weighted by molar-refractivity contribution is 7.44. The minimum absolute atomic E-state index is 0.000102. The van der Waals surface area contributed by atoms with E-state index in [9.17, 15) is 14.4 Å². The molecule has 0 bridgehead atoms. The lowest BCUT2D eigenvalue weighted by Gasteiger charge is -2.38. The van der Waals surface area contributed by atoms with Crippen molar-refractivity contribution in [3.8, 4) is 23.3 Å². The summed E-state index contributed by atoms with van der Waals surface area (Å²) in [5.74, 6) is -1.63. The number of nitriles is 1. The number of nitrogens with zero attached hydrogens (tertiary/aromatic N) is 2. The molecule has 0 fully saturated rings. The average molecular weight is 896 g/mol. The molecule has 0 radical (unpaired) electrons. The molecule has 0 aliphatic carbocycles.